The molecule has 0 bridgehead atoms. The van der Waals surface area contributed by atoms with Crippen LogP contribution in [0, 0.1) is 0 Å². The standard InChI is InChI=1S/C13H18ClN3O2/c1-9(13(19)17(2)3)15-8-12(18)16-11-6-4-5-10(14)7-11/h4-7,9,15H,8H2,1-3H3,(H,16,18). The van der Waals surface area contributed by atoms with Gasteiger partial charge >= 0.3 is 0 Å². The van der Waals surface area contributed by atoms with Gasteiger partial charge in [-0.25, -0.2) is 0 Å². The van der Waals surface area contributed by atoms with Crippen molar-refractivity contribution in [3.8, 4) is 0 Å². The minimum Gasteiger partial charge on any atom is -0.347 e. The number of anilines is 1. The van der Waals surface area contributed by atoms with Crippen LogP contribution in [-0.4, -0.2) is 43.4 Å². The van der Waals surface area contributed by atoms with Crippen molar-refractivity contribution in [2.24, 2.45) is 0 Å². The van der Waals surface area contributed by atoms with E-state index in [1.807, 2.05) is 0 Å². The van der Waals surface area contributed by atoms with Crippen LogP contribution in [0.1, 0.15) is 6.92 Å². The number of halogens is 1. The summed E-state index contributed by atoms with van der Waals surface area (Å²) >= 11 is 5.82. The van der Waals surface area contributed by atoms with Gasteiger partial charge in [-0.2, -0.15) is 0 Å². The largest absolute Gasteiger partial charge is 0.347 e. The maximum absolute atomic E-state index is 11.7. The van der Waals surface area contributed by atoms with Gasteiger partial charge < -0.3 is 10.2 Å². The fourth-order valence-corrected chi connectivity index (χ4v) is 1.68. The van der Waals surface area contributed by atoms with Crippen LogP contribution in [0.15, 0.2) is 24.3 Å². The van der Waals surface area contributed by atoms with E-state index in [9.17, 15) is 9.59 Å². The lowest BCUT2D eigenvalue weighted by Crippen LogP contribution is -2.44. The monoisotopic (exact) mass is 283 g/mol. The van der Waals surface area contributed by atoms with E-state index in [2.05, 4.69) is 10.6 Å². The van der Waals surface area contributed by atoms with Crippen LogP contribution in [0.3, 0.4) is 0 Å². The number of hydrogen-bond donors (Lipinski definition) is 2. The van der Waals surface area contributed by atoms with Crippen LogP contribution < -0.4 is 10.6 Å². The van der Waals surface area contributed by atoms with Gasteiger partial charge in [0.15, 0.2) is 0 Å². The van der Waals surface area contributed by atoms with Crippen LogP contribution in [0.25, 0.3) is 0 Å². The van der Waals surface area contributed by atoms with E-state index in [1.165, 1.54) is 4.90 Å². The second-order valence-corrected chi connectivity index (χ2v) is 4.83. The molecule has 0 spiro atoms. The summed E-state index contributed by atoms with van der Waals surface area (Å²) in [5.41, 5.74) is 0.630. The molecule has 0 radical (unpaired) electrons. The molecule has 0 fully saturated rings. The Balaban J connectivity index is 2.42. The molecule has 0 saturated heterocycles. The second-order valence-electron chi connectivity index (χ2n) is 4.39. The first-order chi connectivity index (χ1) is 8.90. The zero-order valence-electron chi connectivity index (χ0n) is 11.2. The van der Waals surface area contributed by atoms with E-state index in [0.29, 0.717) is 10.7 Å². The number of rotatable bonds is 5. The lowest BCUT2D eigenvalue weighted by atomic mass is 10.3. The van der Waals surface area contributed by atoms with Crippen molar-refractivity contribution in [1.82, 2.24) is 10.2 Å². The average molecular weight is 284 g/mol. The Bertz CT molecular complexity index is 463. The highest BCUT2D eigenvalue weighted by Gasteiger charge is 2.15. The maximum atomic E-state index is 11.7. The van der Waals surface area contributed by atoms with Gasteiger partial charge in [-0.05, 0) is 25.1 Å². The minimum atomic E-state index is -0.403. The Kier molecular flexibility index (Phi) is 5.79. The third kappa shape index (κ3) is 5.28. The molecule has 0 saturated carbocycles. The van der Waals surface area contributed by atoms with Crippen molar-refractivity contribution in [1.29, 1.82) is 0 Å². The Hall–Kier alpha value is -1.59. The van der Waals surface area contributed by atoms with E-state index in [4.69, 9.17) is 11.6 Å². The molecule has 19 heavy (non-hydrogen) atoms. The molecular formula is C13H18ClN3O2. The number of nitrogens with one attached hydrogen (secondary N) is 2. The normalized spacial score (nSPS) is 11.8. The molecule has 1 unspecified atom stereocenters. The Morgan fingerprint density at radius 1 is 1.37 bits per heavy atom. The fraction of sp³-hybridized carbons (Fsp3) is 0.385. The molecule has 5 nitrogen and oxygen atoms in total. The highest BCUT2D eigenvalue weighted by Crippen LogP contribution is 2.14. The predicted molar refractivity (Wildman–Crippen MR) is 76.2 cm³/mol. The minimum absolute atomic E-state index is 0.0628. The van der Waals surface area contributed by atoms with Crippen LogP contribution >= 0.6 is 11.6 Å². The van der Waals surface area contributed by atoms with Gasteiger partial charge in [0.2, 0.25) is 11.8 Å². The highest BCUT2D eigenvalue weighted by molar-refractivity contribution is 6.30. The van der Waals surface area contributed by atoms with Gasteiger partial charge in [-0.3, -0.25) is 14.9 Å². The molecule has 1 atom stereocenters. The number of carbonyl (C=O) groups excluding carboxylic acids is 2. The summed E-state index contributed by atoms with van der Waals surface area (Å²) < 4.78 is 0. The van der Waals surface area contributed by atoms with E-state index < -0.39 is 6.04 Å². The van der Waals surface area contributed by atoms with Crippen LogP contribution in [0.2, 0.25) is 5.02 Å². The summed E-state index contributed by atoms with van der Waals surface area (Å²) in [5, 5.41) is 6.11. The van der Waals surface area contributed by atoms with Crippen molar-refractivity contribution in [2.75, 3.05) is 26.0 Å². The Morgan fingerprint density at radius 2 is 2.05 bits per heavy atom. The molecule has 0 aliphatic carbocycles. The van der Waals surface area contributed by atoms with Crippen molar-refractivity contribution in [3.63, 3.8) is 0 Å². The summed E-state index contributed by atoms with van der Waals surface area (Å²) in [7, 11) is 3.35. The van der Waals surface area contributed by atoms with Gasteiger partial charge in [0.1, 0.15) is 0 Å². The zero-order chi connectivity index (χ0) is 14.4. The van der Waals surface area contributed by atoms with E-state index in [-0.39, 0.29) is 18.4 Å². The van der Waals surface area contributed by atoms with Crippen LogP contribution in [0.5, 0.6) is 0 Å². The van der Waals surface area contributed by atoms with Crippen LogP contribution in [-0.2, 0) is 9.59 Å². The predicted octanol–water partition coefficient (Wildman–Crippen LogP) is 1.34. The van der Waals surface area contributed by atoms with E-state index >= 15 is 0 Å². The summed E-state index contributed by atoms with van der Waals surface area (Å²) in [5.74, 6) is -0.295. The van der Waals surface area contributed by atoms with Gasteiger partial charge in [0, 0.05) is 24.8 Å². The number of carbonyl (C=O) groups is 2. The molecule has 2 amide bonds. The lowest BCUT2D eigenvalue weighted by Gasteiger charge is -2.17. The molecule has 0 aliphatic heterocycles. The molecule has 0 aliphatic rings. The summed E-state index contributed by atoms with van der Waals surface area (Å²) in [4.78, 5) is 24.7. The topological polar surface area (TPSA) is 61.4 Å². The molecule has 6 heteroatoms. The number of amides is 2. The van der Waals surface area contributed by atoms with Crippen LogP contribution in [0.4, 0.5) is 5.69 Å². The van der Waals surface area contributed by atoms with Gasteiger partial charge in [0.05, 0.1) is 12.6 Å². The van der Waals surface area contributed by atoms with Crippen molar-refractivity contribution >= 4 is 29.1 Å². The lowest BCUT2D eigenvalue weighted by molar-refractivity contribution is -0.130. The molecule has 1 aromatic carbocycles. The molecule has 104 valence electrons. The van der Waals surface area contributed by atoms with Gasteiger partial charge in [-0.15, -0.1) is 0 Å². The number of likely N-dealkylation sites (N-methyl/N-ethyl adjacent to an activating group) is 1. The first kappa shape index (κ1) is 15.5. The summed E-state index contributed by atoms with van der Waals surface area (Å²) in [6.45, 7) is 1.78. The quantitative estimate of drug-likeness (QED) is 0.857. The highest BCUT2D eigenvalue weighted by atomic mass is 35.5. The smallest absolute Gasteiger partial charge is 0.238 e. The first-order valence-corrected chi connectivity index (χ1v) is 6.28. The Morgan fingerprint density at radius 3 is 2.63 bits per heavy atom. The molecule has 2 N–H and O–H groups in total. The molecule has 1 rings (SSSR count). The summed E-state index contributed by atoms with van der Waals surface area (Å²) in [6.07, 6.45) is 0. The third-order valence-electron chi connectivity index (χ3n) is 2.49. The molecular weight excluding hydrogens is 266 g/mol. The molecule has 1 aromatic rings. The van der Waals surface area contributed by atoms with E-state index in [0.717, 1.165) is 0 Å². The van der Waals surface area contributed by atoms with Crippen molar-refractivity contribution in [3.05, 3.63) is 29.3 Å². The molecule has 0 heterocycles. The van der Waals surface area contributed by atoms with Gasteiger partial charge in [0.25, 0.3) is 0 Å². The zero-order valence-corrected chi connectivity index (χ0v) is 12.0. The third-order valence-corrected chi connectivity index (χ3v) is 2.72. The van der Waals surface area contributed by atoms with Gasteiger partial charge in [-0.1, -0.05) is 17.7 Å². The first-order valence-electron chi connectivity index (χ1n) is 5.90. The van der Waals surface area contributed by atoms with Crippen molar-refractivity contribution in [2.45, 2.75) is 13.0 Å². The number of benzene rings is 1. The fourth-order valence-electron chi connectivity index (χ4n) is 1.49. The molecule has 0 aromatic heterocycles. The maximum Gasteiger partial charge on any atom is 0.238 e. The summed E-state index contributed by atoms with van der Waals surface area (Å²) in [6, 6.07) is 6.49. The SMILES string of the molecule is CC(NCC(=O)Nc1cccc(Cl)c1)C(=O)N(C)C. The second kappa shape index (κ2) is 7.11. The van der Waals surface area contributed by atoms with Crippen molar-refractivity contribution < 1.29 is 9.59 Å². The average Bonchev–Trinajstić information content (AvgIpc) is 2.34. The van der Waals surface area contributed by atoms with E-state index in [1.54, 1.807) is 45.3 Å². The number of hydrogen-bond acceptors (Lipinski definition) is 3. The number of nitrogens with zero attached hydrogens (tertiary/aromatic N) is 1. The Labute approximate surface area is 117 Å².